The minimum absolute atomic E-state index is 0.00346. The van der Waals surface area contributed by atoms with Crippen LogP contribution in [0.15, 0.2) is 0 Å². The number of hydrogen-bond acceptors (Lipinski definition) is 2. The van der Waals surface area contributed by atoms with Gasteiger partial charge in [0.05, 0.1) is 0 Å². The lowest BCUT2D eigenvalue weighted by molar-refractivity contribution is 0.182. The van der Waals surface area contributed by atoms with E-state index in [0.29, 0.717) is 0 Å². The van der Waals surface area contributed by atoms with Crippen LogP contribution in [-0.4, -0.2) is 36.1 Å². The summed E-state index contributed by atoms with van der Waals surface area (Å²) < 4.78 is 0. The van der Waals surface area contributed by atoms with Gasteiger partial charge in [0.1, 0.15) is 0 Å². The van der Waals surface area contributed by atoms with Gasteiger partial charge in [0.25, 0.3) is 0 Å². The predicted molar refractivity (Wildman–Crippen MR) is 57.1 cm³/mol. The van der Waals surface area contributed by atoms with Crippen LogP contribution in [0, 0.1) is 0 Å². The van der Waals surface area contributed by atoms with Gasteiger partial charge in [-0.1, -0.05) is 0 Å². The van der Waals surface area contributed by atoms with E-state index in [2.05, 4.69) is 5.32 Å². The van der Waals surface area contributed by atoms with E-state index in [1.165, 1.54) is 6.42 Å². The van der Waals surface area contributed by atoms with Crippen LogP contribution >= 0.6 is 0 Å². The number of rotatable bonds is 2. The van der Waals surface area contributed by atoms with Crippen LogP contribution in [0.5, 0.6) is 0 Å². The molecule has 0 aromatic heterocycles. The molecule has 0 spiro atoms. The van der Waals surface area contributed by atoms with Crippen LogP contribution in [-0.2, 0) is 0 Å². The molecule has 0 bridgehead atoms. The molecule has 1 aliphatic rings. The number of amides is 2. The molecule has 2 amide bonds. The standard InChI is InChI=1S/C10H21N3O/c1-8(11)9(2)12-10(14)13-6-4-3-5-7-13/h8-9H,3-7,11H2,1-2H3,(H,12,14). The number of piperidine rings is 1. The Bertz CT molecular complexity index is 188. The molecule has 0 aromatic carbocycles. The van der Waals surface area contributed by atoms with Crippen molar-refractivity contribution in [2.75, 3.05) is 13.1 Å². The minimum atomic E-state index is 0.00346. The molecule has 0 aromatic rings. The zero-order valence-corrected chi connectivity index (χ0v) is 9.12. The molecule has 0 radical (unpaired) electrons. The Labute approximate surface area is 85.8 Å². The Morgan fingerprint density at radius 1 is 1.29 bits per heavy atom. The van der Waals surface area contributed by atoms with Gasteiger partial charge in [-0.2, -0.15) is 0 Å². The van der Waals surface area contributed by atoms with Gasteiger partial charge in [0, 0.05) is 25.2 Å². The summed E-state index contributed by atoms with van der Waals surface area (Å²) in [6.07, 6.45) is 3.49. The van der Waals surface area contributed by atoms with Crippen LogP contribution in [0.3, 0.4) is 0 Å². The van der Waals surface area contributed by atoms with E-state index in [4.69, 9.17) is 5.73 Å². The molecule has 1 rings (SSSR count). The highest BCUT2D eigenvalue weighted by Gasteiger charge is 2.18. The second-order valence-electron chi connectivity index (χ2n) is 4.14. The summed E-state index contributed by atoms with van der Waals surface area (Å²) in [6.45, 7) is 5.61. The molecule has 1 saturated heterocycles. The van der Waals surface area contributed by atoms with E-state index >= 15 is 0 Å². The van der Waals surface area contributed by atoms with Crippen LogP contribution in [0.25, 0.3) is 0 Å². The summed E-state index contributed by atoms with van der Waals surface area (Å²) in [7, 11) is 0. The number of nitrogens with two attached hydrogens (primary N) is 1. The maximum Gasteiger partial charge on any atom is 0.317 e. The number of likely N-dealkylation sites (tertiary alicyclic amines) is 1. The first-order valence-corrected chi connectivity index (χ1v) is 5.42. The van der Waals surface area contributed by atoms with Gasteiger partial charge >= 0.3 is 6.03 Å². The number of carbonyl (C=O) groups excluding carboxylic acids is 1. The number of nitrogens with zero attached hydrogens (tertiary/aromatic N) is 1. The Morgan fingerprint density at radius 2 is 1.86 bits per heavy atom. The van der Waals surface area contributed by atoms with Gasteiger partial charge in [-0.05, 0) is 33.1 Å². The lowest BCUT2D eigenvalue weighted by Gasteiger charge is -2.29. The maximum absolute atomic E-state index is 11.7. The molecule has 1 aliphatic heterocycles. The average molecular weight is 199 g/mol. The fourth-order valence-electron chi connectivity index (χ4n) is 1.51. The van der Waals surface area contributed by atoms with Crippen molar-refractivity contribution >= 4 is 6.03 Å². The largest absolute Gasteiger partial charge is 0.334 e. The summed E-state index contributed by atoms with van der Waals surface area (Å²) in [5.74, 6) is 0. The van der Waals surface area contributed by atoms with Crippen molar-refractivity contribution in [1.29, 1.82) is 0 Å². The molecule has 1 fully saturated rings. The highest BCUT2D eigenvalue weighted by Crippen LogP contribution is 2.08. The number of carbonyl (C=O) groups is 1. The normalized spacial score (nSPS) is 21.5. The van der Waals surface area contributed by atoms with E-state index in [0.717, 1.165) is 25.9 Å². The van der Waals surface area contributed by atoms with Crippen LogP contribution < -0.4 is 11.1 Å². The van der Waals surface area contributed by atoms with Gasteiger partial charge in [-0.15, -0.1) is 0 Å². The Balaban J connectivity index is 2.33. The molecule has 4 nitrogen and oxygen atoms in total. The third kappa shape index (κ3) is 3.18. The summed E-state index contributed by atoms with van der Waals surface area (Å²) in [5, 5.41) is 2.91. The quantitative estimate of drug-likeness (QED) is 0.694. The fourth-order valence-corrected chi connectivity index (χ4v) is 1.51. The van der Waals surface area contributed by atoms with E-state index in [9.17, 15) is 4.79 Å². The monoisotopic (exact) mass is 199 g/mol. The number of nitrogens with one attached hydrogen (secondary N) is 1. The first-order valence-electron chi connectivity index (χ1n) is 5.42. The van der Waals surface area contributed by atoms with Gasteiger partial charge in [-0.25, -0.2) is 4.79 Å². The molecule has 82 valence electrons. The van der Waals surface area contributed by atoms with Gasteiger partial charge in [0.15, 0.2) is 0 Å². The Morgan fingerprint density at radius 3 is 2.36 bits per heavy atom. The first kappa shape index (κ1) is 11.3. The molecule has 14 heavy (non-hydrogen) atoms. The number of urea groups is 1. The fraction of sp³-hybridized carbons (Fsp3) is 0.900. The lowest BCUT2D eigenvalue weighted by Crippen LogP contribution is -2.50. The Hall–Kier alpha value is -0.770. The molecule has 0 saturated carbocycles. The van der Waals surface area contributed by atoms with Crippen molar-refractivity contribution < 1.29 is 4.79 Å². The topological polar surface area (TPSA) is 58.4 Å². The van der Waals surface area contributed by atoms with Crippen molar-refractivity contribution in [3.05, 3.63) is 0 Å². The van der Waals surface area contributed by atoms with Gasteiger partial charge < -0.3 is 16.0 Å². The van der Waals surface area contributed by atoms with Crippen molar-refractivity contribution in [3.8, 4) is 0 Å². The molecule has 2 unspecified atom stereocenters. The molecule has 0 aliphatic carbocycles. The molecule has 4 heteroatoms. The summed E-state index contributed by atoms with van der Waals surface area (Å²) in [5.41, 5.74) is 5.68. The molecule has 3 N–H and O–H groups in total. The maximum atomic E-state index is 11.7. The summed E-state index contributed by atoms with van der Waals surface area (Å²) >= 11 is 0. The highest BCUT2D eigenvalue weighted by atomic mass is 16.2. The zero-order valence-electron chi connectivity index (χ0n) is 9.12. The van der Waals surface area contributed by atoms with E-state index < -0.39 is 0 Å². The van der Waals surface area contributed by atoms with E-state index in [1.807, 2.05) is 18.7 Å². The highest BCUT2D eigenvalue weighted by molar-refractivity contribution is 5.74. The van der Waals surface area contributed by atoms with Crippen LogP contribution in [0.1, 0.15) is 33.1 Å². The SMILES string of the molecule is CC(N)C(C)NC(=O)N1CCCCC1. The van der Waals surface area contributed by atoms with Crippen molar-refractivity contribution in [3.63, 3.8) is 0 Å². The van der Waals surface area contributed by atoms with Crippen LogP contribution in [0.2, 0.25) is 0 Å². The predicted octanol–water partition coefficient (Wildman–Crippen LogP) is 0.918. The first-order chi connectivity index (χ1) is 6.61. The van der Waals surface area contributed by atoms with Gasteiger partial charge in [0.2, 0.25) is 0 Å². The second kappa shape index (κ2) is 5.20. The lowest BCUT2D eigenvalue weighted by atomic mass is 10.1. The smallest absolute Gasteiger partial charge is 0.317 e. The third-order valence-electron chi connectivity index (χ3n) is 2.78. The average Bonchev–Trinajstić information content (AvgIpc) is 2.19. The van der Waals surface area contributed by atoms with E-state index in [1.54, 1.807) is 0 Å². The van der Waals surface area contributed by atoms with E-state index in [-0.39, 0.29) is 18.1 Å². The van der Waals surface area contributed by atoms with Crippen molar-refractivity contribution in [1.82, 2.24) is 10.2 Å². The third-order valence-corrected chi connectivity index (χ3v) is 2.78. The summed E-state index contributed by atoms with van der Waals surface area (Å²) in [4.78, 5) is 13.5. The molecule has 2 atom stereocenters. The van der Waals surface area contributed by atoms with Crippen molar-refractivity contribution in [2.24, 2.45) is 5.73 Å². The van der Waals surface area contributed by atoms with Crippen LogP contribution in [0.4, 0.5) is 4.79 Å². The molecular formula is C10H21N3O. The van der Waals surface area contributed by atoms with Gasteiger partial charge in [-0.3, -0.25) is 0 Å². The van der Waals surface area contributed by atoms with Crippen molar-refractivity contribution in [2.45, 2.75) is 45.2 Å². The number of hydrogen-bond donors (Lipinski definition) is 2. The molecule has 1 heterocycles. The second-order valence-corrected chi connectivity index (χ2v) is 4.14. The Kier molecular flexibility index (Phi) is 4.20. The molecular weight excluding hydrogens is 178 g/mol. The minimum Gasteiger partial charge on any atom is -0.334 e. The zero-order chi connectivity index (χ0) is 10.6. The summed E-state index contributed by atoms with van der Waals surface area (Å²) in [6, 6.07) is 0.0858.